The van der Waals surface area contributed by atoms with E-state index in [0.717, 1.165) is 22.0 Å². The van der Waals surface area contributed by atoms with Crippen LogP contribution in [0, 0.1) is 0 Å². The van der Waals surface area contributed by atoms with Gasteiger partial charge in [0.05, 0.1) is 11.9 Å². The van der Waals surface area contributed by atoms with E-state index >= 15 is 0 Å². The van der Waals surface area contributed by atoms with Crippen molar-refractivity contribution in [2.45, 2.75) is 0 Å². The molecule has 0 saturated heterocycles. The molecule has 1 aromatic heterocycles. The number of aromatic nitrogens is 1. The molecule has 0 aliphatic rings. The Morgan fingerprint density at radius 1 is 0.962 bits per heavy atom. The van der Waals surface area contributed by atoms with Gasteiger partial charge in [0.2, 0.25) is 5.13 Å². The monoisotopic (exact) mass is 425 g/mol. The summed E-state index contributed by atoms with van der Waals surface area (Å²) < 4.78 is 0. The van der Waals surface area contributed by atoms with Gasteiger partial charge in [-0.3, -0.25) is 5.43 Å². The molecular formula is C20H16BrN3OS. The van der Waals surface area contributed by atoms with Crippen molar-refractivity contribution in [2.24, 2.45) is 5.10 Å². The molecule has 4 nitrogen and oxygen atoms in total. The lowest BCUT2D eigenvalue weighted by molar-refractivity contribution is 0.475. The van der Waals surface area contributed by atoms with Crippen LogP contribution < -0.4 is 5.43 Å². The molecule has 130 valence electrons. The summed E-state index contributed by atoms with van der Waals surface area (Å²) in [5.74, 6) is 0.202. The van der Waals surface area contributed by atoms with Gasteiger partial charge in [-0.15, -0.1) is 28.3 Å². The van der Waals surface area contributed by atoms with Crippen LogP contribution in [0.25, 0.3) is 22.0 Å². The van der Waals surface area contributed by atoms with Gasteiger partial charge in [0.25, 0.3) is 0 Å². The maximum Gasteiger partial charge on any atom is 0.203 e. The number of halogens is 1. The quantitative estimate of drug-likeness (QED) is 0.326. The highest BCUT2D eigenvalue weighted by Crippen LogP contribution is 2.26. The van der Waals surface area contributed by atoms with Crippen LogP contribution >= 0.6 is 28.3 Å². The van der Waals surface area contributed by atoms with Crippen LogP contribution in [0.5, 0.6) is 5.75 Å². The number of phenolic OH excluding ortho intramolecular Hbond substituents is 1. The van der Waals surface area contributed by atoms with Crippen molar-refractivity contribution in [3.63, 3.8) is 0 Å². The van der Waals surface area contributed by atoms with Crippen LogP contribution in [0.3, 0.4) is 0 Å². The van der Waals surface area contributed by atoms with Crippen molar-refractivity contribution in [1.82, 2.24) is 4.98 Å². The standard InChI is InChI=1S/C20H15N3OS.BrH/c24-19-11-10-14-6-4-5-9-16(14)17(19)12-21-23-20-22-18(13-25-20)15-7-2-1-3-8-15;/h1-13,24H,(H,22,23);1H. The highest BCUT2D eigenvalue weighted by atomic mass is 79.9. The molecule has 1 heterocycles. The Hall–Kier alpha value is -2.70. The summed E-state index contributed by atoms with van der Waals surface area (Å²) in [6.07, 6.45) is 1.63. The summed E-state index contributed by atoms with van der Waals surface area (Å²) in [4.78, 5) is 4.53. The van der Waals surface area contributed by atoms with Gasteiger partial charge in [0.1, 0.15) is 5.75 Å². The predicted octanol–water partition coefficient (Wildman–Crippen LogP) is 5.69. The van der Waals surface area contributed by atoms with Crippen LogP contribution in [-0.4, -0.2) is 16.3 Å². The molecule has 0 bridgehead atoms. The summed E-state index contributed by atoms with van der Waals surface area (Å²) in [5.41, 5.74) is 5.61. The molecule has 6 heteroatoms. The van der Waals surface area contributed by atoms with Crippen LogP contribution in [0.15, 0.2) is 77.2 Å². The van der Waals surface area contributed by atoms with E-state index in [2.05, 4.69) is 15.5 Å². The molecule has 0 fully saturated rings. The van der Waals surface area contributed by atoms with E-state index in [1.165, 1.54) is 11.3 Å². The minimum atomic E-state index is 0. The number of nitrogens with zero attached hydrogens (tertiary/aromatic N) is 2. The van der Waals surface area contributed by atoms with Crippen molar-refractivity contribution < 1.29 is 5.11 Å². The Morgan fingerprint density at radius 3 is 2.58 bits per heavy atom. The lowest BCUT2D eigenvalue weighted by Gasteiger charge is -2.04. The fourth-order valence-electron chi connectivity index (χ4n) is 2.64. The number of hydrogen-bond donors (Lipinski definition) is 2. The fraction of sp³-hybridized carbons (Fsp3) is 0. The normalized spacial score (nSPS) is 10.8. The minimum Gasteiger partial charge on any atom is -0.507 e. The smallest absolute Gasteiger partial charge is 0.203 e. The summed E-state index contributed by atoms with van der Waals surface area (Å²) in [6, 6.07) is 21.5. The average Bonchev–Trinajstić information content (AvgIpc) is 3.13. The molecule has 3 aromatic carbocycles. The van der Waals surface area contributed by atoms with E-state index in [0.29, 0.717) is 10.7 Å². The molecule has 0 unspecified atom stereocenters. The molecular weight excluding hydrogens is 410 g/mol. The number of hydrogen-bond acceptors (Lipinski definition) is 5. The van der Waals surface area contributed by atoms with E-state index in [1.807, 2.05) is 66.0 Å². The number of anilines is 1. The lowest BCUT2D eigenvalue weighted by atomic mass is 10.0. The van der Waals surface area contributed by atoms with Crippen LogP contribution in [0.1, 0.15) is 5.56 Å². The number of hydrazone groups is 1. The Morgan fingerprint density at radius 2 is 1.73 bits per heavy atom. The number of thiazole rings is 1. The predicted molar refractivity (Wildman–Crippen MR) is 115 cm³/mol. The first-order valence-corrected chi connectivity index (χ1v) is 8.70. The van der Waals surface area contributed by atoms with Gasteiger partial charge in [-0.25, -0.2) is 4.98 Å². The number of fused-ring (bicyclic) bond motifs is 1. The Bertz CT molecular complexity index is 1050. The number of benzene rings is 3. The van der Waals surface area contributed by atoms with Crippen molar-refractivity contribution in [3.8, 4) is 17.0 Å². The Balaban J connectivity index is 0.00000196. The minimum absolute atomic E-state index is 0. The van der Waals surface area contributed by atoms with E-state index in [9.17, 15) is 5.11 Å². The van der Waals surface area contributed by atoms with Gasteiger partial charge in [-0.1, -0.05) is 60.7 Å². The molecule has 0 radical (unpaired) electrons. The maximum absolute atomic E-state index is 10.1. The molecule has 4 rings (SSSR count). The van der Waals surface area contributed by atoms with Gasteiger partial charge in [-0.2, -0.15) is 5.10 Å². The number of aromatic hydroxyl groups is 1. The molecule has 4 aromatic rings. The first kappa shape index (κ1) is 18.1. The second-order valence-corrected chi connectivity index (χ2v) is 6.35. The maximum atomic E-state index is 10.1. The number of phenols is 1. The molecule has 26 heavy (non-hydrogen) atoms. The molecule has 0 saturated carbocycles. The van der Waals surface area contributed by atoms with Crippen LogP contribution in [-0.2, 0) is 0 Å². The molecule has 0 atom stereocenters. The van der Waals surface area contributed by atoms with Crippen molar-refractivity contribution >= 4 is 50.4 Å². The zero-order valence-electron chi connectivity index (χ0n) is 13.7. The molecule has 0 aliphatic carbocycles. The first-order valence-electron chi connectivity index (χ1n) is 7.82. The summed E-state index contributed by atoms with van der Waals surface area (Å²) in [7, 11) is 0. The zero-order valence-corrected chi connectivity index (χ0v) is 16.2. The number of nitrogens with one attached hydrogen (secondary N) is 1. The van der Waals surface area contributed by atoms with E-state index < -0.39 is 0 Å². The second kappa shape index (κ2) is 8.12. The Kier molecular flexibility index (Phi) is 5.65. The summed E-state index contributed by atoms with van der Waals surface area (Å²) >= 11 is 1.49. The highest BCUT2D eigenvalue weighted by Gasteiger charge is 2.05. The summed E-state index contributed by atoms with van der Waals surface area (Å²) in [6.45, 7) is 0. The van der Waals surface area contributed by atoms with Gasteiger partial charge in [0, 0.05) is 16.5 Å². The molecule has 0 aliphatic heterocycles. The van der Waals surface area contributed by atoms with Gasteiger partial charge >= 0.3 is 0 Å². The van der Waals surface area contributed by atoms with E-state index in [-0.39, 0.29) is 22.7 Å². The highest BCUT2D eigenvalue weighted by molar-refractivity contribution is 8.93. The van der Waals surface area contributed by atoms with Gasteiger partial charge < -0.3 is 5.11 Å². The number of rotatable bonds is 4. The first-order chi connectivity index (χ1) is 12.3. The third kappa shape index (κ3) is 3.76. The molecule has 2 N–H and O–H groups in total. The van der Waals surface area contributed by atoms with Crippen molar-refractivity contribution in [1.29, 1.82) is 0 Å². The average molecular weight is 426 g/mol. The Labute approximate surface area is 165 Å². The van der Waals surface area contributed by atoms with E-state index in [4.69, 9.17) is 0 Å². The van der Waals surface area contributed by atoms with Crippen molar-refractivity contribution in [2.75, 3.05) is 5.43 Å². The van der Waals surface area contributed by atoms with Gasteiger partial charge in [-0.05, 0) is 16.8 Å². The fourth-order valence-corrected chi connectivity index (χ4v) is 3.31. The van der Waals surface area contributed by atoms with Crippen LogP contribution in [0.2, 0.25) is 0 Å². The third-order valence-corrected chi connectivity index (χ3v) is 4.62. The topological polar surface area (TPSA) is 57.5 Å². The third-order valence-electron chi connectivity index (χ3n) is 3.88. The zero-order chi connectivity index (χ0) is 17.1. The van der Waals surface area contributed by atoms with Crippen LogP contribution in [0.4, 0.5) is 5.13 Å². The SMILES string of the molecule is Br.Oc1ccc2ccccc2c1C=NNc1nc(-c2ccccc2)cs1. The largest absolute Gasteiger partial charge is 0.507 e. The van der Waals surface area contributed by atoms with E-state index in [1.54, 1.807) is 12.3 Å². The molecule has 0 spiro atoms. The van der Waals surface area contributed by atoms with Crippen molar-refractivity contribution in [3.05, 3.63) is 77.7 Å². The van der Waals surface area contributed by atoms with Gasteiger partial charge in [0.15, 0.2) is 0 Å². The molecule has 0 amide bonds. The second-order valence-electron chi connectivity index (χ2n) is 5.49. The summed E-state index contributed by atoms with van der Waals surface area (Å²) in [5, 5.41) is 19.1. The lowest BCUT2D eigenvalue weighted by Crippen LogP contribution is -1.92.